The van der Waals surface area contributed by atoms with E-state index < -0.39 is 0 Å². The summed E-state index contributed by atoms with van der Waals surface area (Å²) in [6.45, 7) is 0. The predicted molar refractivity (Wildman–Crippen MR) is 81.2 cm³/mol. The fraction of sp³-hybridized carbons (Fsp3) is 0.125. The van der Waals surface area contributed by atoms with Crippen molar-refractivity contribution in [3.63, 3.8) is 0 Å². The molecule has 4 heteroatoms. The second-order valence-corrected chi connectivity index (χ2v) is 5.51. The van der Waals surface area contributed by atoms with Gasteiger partial charge in [0.25, 0.3) is 0 Å². The molecule has 0 spiro atoms. The zero-order valence-electron chi connectivity index (χ0n) is 10.9. The van der Waals surface area contributed by atoms with Crippen LogP contribution >= 0.6 is 11.8 Å². The number of benzene rings is 2. The van der Waals surface area contributed by atoms with E-state index >= 15 is 0 Å². The van der Waals surface area contributed by atoms with Crippen LogP contribution in [0, 0.1) is 0 Å². The Morgan fingerprint density at radius 2 is 1.85 bits per heavy atom. The van der Waals surface area contributed by atoms with Gasteiger partial charge in [0.1, 0.15) is 5.25 Å². The zero-order valence-corrected chi connectivity index (χ0v) is 11.7. The van der Waals surface area contributed by atoms with Crippen LogP contribution in [0.2, 0.25) is 0 Å². The van der Waals surface area contributed by atoms with Crippen LogP contribution in [0.15, 0.2) is 48.5 Å². The third-order valence-electron chi connectivity index (χ3n) is 3.38. The van der Waals surface area contributed by atoms with Crippen LogP contribution in [-0.2, 0) is 4.79 Å². The van der Waals surface area contributed by atoms with Gasteiger partial charge in [0.05, 0.1) is 5.69 Å². The number of para-hydroxylation sites is 1. The summed E-state index contributed by atoms with van der Waals surface area (Å²) in [7, 11) is 0. The average molecular weight is 283 g/mol. The highest BCUT2D eigenvalue weighted by atomic mass is 32.2. The number of carbonyl (C=O) groups excluding carboxylic acids is 2. The van der Waals surface area contributed by atoms with Gasteiger partial charge in [-0.15, -0.1) is 11.8 Å². The topological polar surface area (TPSA) is 46.2 Å². The molecular formula is C16H13NO2S. The van der Waals surface area contributed by atoms with Gasteiger partial charge >= 0.3 is 0 Å². The van der Waals surface area contributed by atoms with Gasteiger partial charge in [0.2, 0.25) is 5.91 Å². The minimum atomic E-state index is -0.228. The number of ketones is 1. The number of nitrogens with one attached hydrogen (secondary N) is 1. The molecule has 2 aromatic rings. The van der Waals surface area contributed by atoms with E-state index in [1.54, 1.807) is 18.2 Å². The molecule has 2 aromatic carbocycles. The Morgan fingerprint density at radius 1 is 1.10 bits per heavy atom. The minimum Gasteiger partial charge on any atom is -0.324 e. The lowest BCUT2D eigenvalue weighted by Crippen LogP contribution is -2.10. The summed E-state index contributed by atoms with van der Waals surface area (Å²) in [6.07, 6.45) is 1.89. The van der Waals surface area contributed by atoms with Crippen LogP contribution < -0.4 is 5.32 Å². The molecule has 0 aromatic heterocycles. The molecule has 1 aliphatic rings. The van der Waals surface area contributed by atoms with Gasteiger partial charge in [-0.3, -0.25) is 9.59 Å². The number of amides is 1. The molecule has 1 aliphatic heterocycles. The molecule has 0 bridgehead atoms. The van der Waals surface area contributed by atoms with E-state index in [1.165, 1.54) is 11.8 Å². The summed E-state index contributed by atoms with van der Waals surface area (Å²) >= 11 is 1.48. The second kappa shape index (κ2) is 5.13. The molecule has 0 fully saturated rings. The zero-order chi connectivity index (χ0) is 14.1. The first-order chi connectivity index (χ1) is 9.72. The first kappa shape index (κ1) is 12.9. The lowest BCUT2D eigenvalue weighted by Gasteiger charge is -2.08. The standard InChI is InChI=1S/C16H13NO2S/c1-20-15-12-9-5-8-11(13(12)17-16(15)19)14(18)10-6-3-2-4-7-10/h2-9,15H,1H3,(H,17,19)/t15-/m1/s1. The molecule has 1 heterocycles. The van der Waals surface area contributed by atoms with Crippen molar-refractivity contribution < 1.29 is 9.59 Å². The molecular weight excluding hydrogens is 270 g/mol. The fourth-order valence-corrected chi connectivity index (χ4v) is 3.15. The SMILES string of the molecule is CS[C@H]1C(=O)Nc2c(C(=O)c3ccccc3)cccc21. The first-order valence-corrected chi connectivity index (χ1v) is 7.57. The van der Waals surface area contributed by atoms with Crippen LogP contribution in [0.5, 0.6) is 0 Å². The Bertz CT molecular complexity index is 682. The highest BCUT2D eigenvalue weighted by molar-refractivity contribution is 7.99. The number of rotatable bonds is 3. The molecule has 3 rings (SSSR count). The van der Waals surface area contributed by atoms with E-state index in [1.807, 2.05) is 36.6 Å². The monoisotopic (exact) mass is 283 g/mol. The summed E-state index contributed by atoms with van der Waals surface area (Å²) < 4.78 is 0. The molecule has 100 valence electrons. The summed E-state index contributed by atoms with van der Waals surface area (Å²) in [5, 5.41) is 2.61. The van der Waals surface area contributed by atoms with E-state index in [0.717, 1.165) is 5.56 Å². The Kier molecular flexibility index (Phi) is 3.32. The number of hydrogen-bond donors (Lipinski definition) is 1. The molecule has 0 aliphatic carbocycles. The van der Waals surface area contributed by atoms with Gasteiger partial charge < -0.3 is 5.32 Å². The summed E-state index contributed by atoms with van der Waals surface area (Å²) in [5.74, 6) is -0.120. The largest absolute Gasteiger partial charge is 0.324 e. The van der Waals surface area contributed by atoms with E-state index in [0.29, 0.717) is 16.8 Å². The van der Waals surface area contributed by atoms with E-state index in [-0.39, 0.29) is 16.9 Å². The lowest BCUT2D eigenvalue weighted by molar-refractivity contribution is -0.115. The van der Waals surface area contributed by atoms with Gasteiger partial charge in [-0.1, -0.05) is 42.5 Å². The summed E-state index contributed by atoms with van der Waals surface area (Å²) in [6, 6.07) is 14.6. The third kappa shape index (κ3) is 2.02. The summed E-state index contributed by atoms with van der Waals surface area (Å²) in [4.78, 5) is 24.5. The van der Waals surface area contributed by atoms with Gasteiger partial charge in [-0.05, 0) is 17.9 Å². The van der Waals surface area contributed by atoms with Crippen LogP contribution in [0.4, 0.5) is 5.69 Å². The van der Waals surface area contributed by atoms with Gasteiger partial charge in [0.15, 0.2) is 5.78 Å². The Morgan fingerprint density at radius 3 is 2.55 bits per heavy atom. The minimum absolute atomic E-state index is 0.0548. The highest BCUT2D eigenvalue weighted by Gasteiger charge is 2.32. The van der Waals surface area contributed by atoms with Gasteiger partial charge in [-0.2, -0.15) is 0 Å². The second-order valence-electron chi connectivity index (χ2n) is 4.57. The fourth-order valence-electron chi connectivity index (χ4n) is 2.43. The highest BCUT2D eigenvalue weighted by Crippen LogP contribution is 2.41. The van der Waals surface area contributed by atoms with Crippen molar-refractivity contribution in [1.29, 1.82) is 0 Å². The molecule has 1 amide bonds. The first-order valence-electron chi connectivity index (χ1n) is 6.28. The Balaban J connectivity index is 2.08. The van der Waals surface area contributed by atoms with E-state index in [4.69, 9.17) is 0 Å². The Hall–Kier alpha value is -2.07. The number of hydrogen-bond acceptors (Lipinski definition) is 3. The molecule has 3 nitrogen and oxygen atoms in total. The molecule has 0 saturated heterocycles. The maximum atomic E-state index is 12.5. The van der Waals surface area contributed by atoms with Gasteiger partial charge in [0, 0.05) is 11.1 Å². The van der Waals surface area contributed by atoms with Crippen molar-refractivity contribution in [2.24, 2.45) is 0 Å². The van der Waals surface area contributed by atoms with Crippen molar-refractivity contribution in [2.45, 2.75) is 5.25 Å². The van der Waals surface area contributed by atoms with Crippen molar-refractivity contribution >= 4 is 29.1 Å². The van der Waals surface area contributed by atoms with E-state index in [2.05, 4.69) is 5.32 Å². The number of carbonyl (C=O) groups is 2. The maximum Gasteiger partial charge on any atom is 0.242 e. The molecule has 0 radical (unpaired) electrons. The Labute approximate surface area is 121 Å². The molecule has 20 heavy (non-hydrogen) atoms. The van der Waals surface area contributed by atoms with Crippen LogP contribution in [-0.4, -0.2) is 17.9 Å². The maximum absolute atomic E-state index is 12.5. The number of fused-ring (bicyclic) bond motifs is 1. The van der Waals surface area contributed by atoms with E-state index in [9.17, 15) is 9.59 Å². The van der Waals surface area contributed by atoms with Crippen molar-refractivity contribution in [3.05, 3.63) is 65.2 Å². The molecule has 1 N–H and O–H groups in total. The normalized spacial score (nSPS) is 16.6. The van der Waals surface area contributed by atoms with Crippen molar-refractivity contribution in [2.75, 3.05) is 11.6 Å². The van der Waals surface area contributed by atoms with Crippen molar-refractivity contribution in [3.8, 4) is 0 Å². The lowest BCUT2D eigenvalue weighted by atomic mass is 9.99. The van der Waals surface area contributed by atoms with Crippen LogP contribution in [0.25, 0.3) is 0 Å². The smallest absolute Gasteiger partial charge is 0.242 e. The number of thioether (sulfide) groups is 1. The molecule has 0 unspecified atom stereocenters. The average Bonchev–Trinajstić information content (AvgIpc) is 2.82. The predicted octanol–water partition coefficient (Wildman–Crippen LogP) is 3.27. The molecule has 0 saturated carbocycles. The van der Waals surface area contributed by atoms with Gasteiger partial charge in [-0.25, -0.2) is 0 Å². The summed E-state index contributed by atoms with van der Waals surface area (Å²) in [5.41, 5.74) is 2.73. The van der Waals surface area contributed by atoms with Crippen LogP contribution in [0.1, 0.15) is 26.7 Å². The molecule has 1 atom stereocenters. The number of anilines is 1. The van der Waals surface area contributed by atoms with Crippen LogP contribution in [0.3, 0.4) is 0 Å². The third-order valence-corrected chi connectivity index (χ3v) is 4.32. The quantitative estimate of drug-likeness (QED) is 0.879. The van der Waals surface area contributed by atoms with Crippen molar-refractivity contribution in [1.82, 2.24) is 0 Å².